The molecule has 0 atom stereocenters. The summed E-state index contributed by atoms with van der Waals surface area (Å²) in [6.07, 6.45) is 0.927. The monoisotopic (exact) mass is 279 g/mol. The van der Waals surface area contributed by atoms with Gasteiger partial charge in [0.05, 0.1) is 12.7 Å². The van der Waals surface area contributed by atoms with Crippen molar-refractivity contribution in [2.24, 2.45) is 0 Å². The molecule has 0 bridgehead atoms. The van der Waals surface area contributed by atoms with Crippen molar-refractivity contribution in [1.82, 2.24) is 9.80 Å². The van der Waals surface area contributed by atoms with Crippen molar-refractivity contribution in [2.75, 3.05) is 46.6 Å². The number of methoxy groups -OCH3 is 1. The van der Waals surface area contributed by atoms with Crippen LogP contribution in [-0.4, -0.2) is 56.5 Å². The van der Waals surface area contributed by atoms with Gasteiger partial charge in [0.15, 0.2) is 0 Å². The van der Waals surface area contributed by atoms with Gasteiger partial charge in [-0.05, 0) is 32.6 Å². The Balaban J connectivity index is 2.93. The van der Waals surface area contributed by atoms with Gasteiger partial charge in [-0.25, -0.2) is 0 Å². The summed E-state index contributed by atoms with van der Waals surface area (Å²) < 4.78 is 5.26. The van der Waals surface area contributed by atoms with E-state index in [2.05, 4.69) is 11.8 Å². The van der Waals surface area contributed by atoms with E-state index >= 15 is 0 Å². The van der Waals surface area contributed by atoms with Crippen LogP contribution in [0.15, 0.2) is 18.2 Å². The second-order valence-corrected chi connectivity index (χ2v) is 5.06. The predicted molar refractivity (Wildman–Crippen MR) is 82.2 cm³/mol. The van der Waals surface area contributed by atoms with Crippen molar-refractivity contribution in [3.8, 4) is 5.75 Å². The van der Waals surface area contributed by atoms with Crippen molar-refractivity contribution in [3.63, 3.8) is 0 Å². The minimum atomic E-state index is -0.00875. The fourth-order valence-corrected chi connectivity index (χ4v) is 1.96. The molecule has 0 radical (unpaired) electrons. The SMILES string of the molecule is CCCN(CCN(C)C)C(=O)c1ccc(N)cc1OC. The summed E-state index contributed by atoms with van der Waals surface area (Å²) in [6, 6.07) is 5.14. The van der Waals surface area contributed by atoms with Crippen LogP contribution >= 0.6 is 0 Å². The van der Waals surface area contributed by atoms with Gasteiger partial charge in [0.2, 0.25) is 0 Å². The Morgan fingerprint density at radius 1 is 1.25 bits per heavy atom. The summed E-state index contributed by atoms with van der Waals surface area (Å²) in [4.78, 5) is 16.5. The number of likely N-dealkylation sites (N-methyl/N-ethyl adjacent to an activating group) is 1. The molecule has 0 aliphatic carbocycles. The van der Waals surface area contributed by atoms with Crippen LogP contribution in [-0.2, 0) is 0 Å². The molecule has 2 N–H and O–H groups in total. The number of rotatable bonds is 7. The highest BCUT2D eigenvalue weighted by molar-refractivity contribution is 5.97. The summed E-state index contributed by atoms with van der Waals surface area (Å²) >= 11 is 0. The van der Waals surface area contributed by atoms with Crippen LogP contribution in [0.5, 0.6) is 5.75 Å². The molecule has 0 aromatic heterocycles. The van der Waals surface area contributed by atoms with E-state index in [-0.39, 0.29) is 5.91 Å². The first-order valence-electron chi connectivity index (χ1n) is 6.87. The Hall–Kier alpha value is -1.75. The van der Waals surface area contributed by atoms with Crippen molar-refractivity contribution in [2.45, 2.75) is 13.3 Å². The molecule has 20 heavy (non-hydrogen) atoms. The zero-order chi connectivity index (χ0) is 15.1. The predicted octanol–water partition coefficient (Wildman–Crippen LogP) is 1.69. The number of carbonyl (C=O) groups is 1. The number of nitrogens with zero attached hydrogens (tertiary/aromatic N) is 2. The van der Waals surface area contributed by atoms with Crippen LogP contribution in [0.1, 0.15) is 23.7 Å². The number of benzene rings is 1. The Bertz CT molecular complexity index is 447. The van der Waals surface area contributed by atoms with Crippen LogP contribution in [0.2, 0.25) is 0 Å². The van der Waals surface area contributed by atoms with Crippen molar-refractivity contribution < 1.29 is 9.53 Å². The molecule has 112 valence electrons. The molecule has 5 heteroatoms. The van der Waals surface area contributed by atoms with E-state index in [1.54, 1.807) is 25.3 Å². The highest BCUT2D eigenvalue weighted by Crippen LogP contribution is 2.23. The number of nitrogen functional groups attached to an aromatic ring is 1. The van der Waals surface area contributed by atoms with Gasteiger partial charge in [-0.1, -0.05) is 6.92 Å². The Morgan fingerprint density at radius 3 is 2.50 bits per heavy atom. The molecule has 1 aromatic carbocycles. The third-order valence-electron chi connectivity index (χ3n) is 3.05. The van der Waals surface area contributed by atoms with Gasteiger partial charge in [-0.15, -0.1) is 0 Å². The normalized spacial score (nSPS) is 10.7. The molecule has 1 amide bonds. The third-order valence-corrected chi connectivity index (χ3v) is 3.05. The zero-order valence-corrected chi connectivity index (χ0v) is 12.8. The van der Waals surface area contributed by atoms with E-state index in [4.69, 9.17) is 10.5 Å². The second kappa shape index (κ2) is 7.75. The maximum Gasteiger partial charge on any atom is 0.257 e. The lowest BCUT2D eigenvalue weighted by molar-refractivity contribution is 0.0741. The summed E-state index contributed by atoms with van der Waals surface area (Å²) in [7, 11) is 5.55. The first-order chi connectivity index (χ1) is 9.49. The average Bonchev–Trinajstić information content (AvgIpc) is 2.42. The lowest BCUT2D eigenvalue weighted by atomic mass is 10.1. The molecule has 0 saturated heterocycles. The highest BCUT2D eigenvalue weighted by atomic mass is 16.5. The number of carbonyl (C=O) groups excluding carboxylic acids is 1. The fraction of sp³-hybridized carbons (Fsp3) is 0.533. The largest absolute Gasteiger partial charge is 0.496 e. The quantitative estimate of drug-likeness (QED) is 0.772. The van der Waals surface area contributed by atoms with E-state index < -0.39 is 0 Å². The van der Waals surface area contributed by atoms with Crippen LogP contribution < -0.4 is 10.5 Å². The maximum absolute atomic E-state index is 12.6. The zero-order valence-electron chi connectivity index (χ0n) is 12.8. The lowest BCUT2D eigenvalue weighted by Crippen LogP contribution is -2.37. The fourth-order valence-electron chi connectivity index (χ4n) is 1.96. The van der Waals surface area contributed by atoms with E-state index in [1.165, 1.54) is 0 Å². The van der Waals surface area contributed by atoms with Crippen LogP contribution in [0.25, 0.3) is 0 Å². The number of anilines is 1. The molecule has 0 saturated carbocycles. The first kappa shape index (κ1) is 16.3. The number of nitrogens with two attached hydrogens (primary N) is 1. The summed E-state index contributed by atoms with van der Waals surface area (Å²) in [5.41, 5.74) is 6.88. The summed E-state index contributed by atoms with van der Waals surface area (Å²) in [6.45, 7) is 4.34. The van der Waals surface area contributed by atoms with Gasteiger partial charge < -0.3 is 20.3 Å². The van der Waals surface area contributed by atoms with Gasteiger partial charge in [0.25, 0.3) is 5.91 Å². The van der Waals surface area contributed by atoms with E-state index in [9.17, 15) is 4.79 Å². The van der Waals surface area contributed by atoms with Gasteiger partial charge in [0, 0.05) is 31.4 Å². The average molecular weight is 279 g/mol. The molecule has 0 spiro atoms. The number of hydrogen-bond acceptors (Lipinski definition) is 4. The standard InChI is InChI=1S/C15H25N3O2/c1-5-8-18(10-9-17(2)3)15(19)13-7-6-12(16)11-14(13)20-4/h6-7,11H,5,8-10,16H2,1-4H3. The maximum atomic E-state index is 12.6. The topological polar surface area (TPSA) is 58.8 Å². The van der Waals surface area contributed by atoms with Crippen molar-refractivity contribution in [1.29, 1.82) is 0 Å². The van der Waals surface area contributed by atoms with Crippen LogP contribution in [0, 0.1) is 0 Å². The highest BCUT2D eigenvalue weighted by Gasteiger charge is 2.19. The summed E-state index contributed by atoms with van der Waals surface area (Å²) in [5.74, 6) is 0.520. The molecule has 0 heterocycles. The van der Waals surface area contributed by atoms with E-state index in [0.29, 0.717) is 23.5 Å². The van der Waals surface area contributed by atoms with E-state index in [1.807, 2.05) is 19.0 Å². The van der Waals surface area contributed by atoms with Gasteiger partial charge in [-0.3, -0.25) is 4.79 Å². The van der Waals surface area contributed by atoms with Gasteiger partial charge in [0.1, 0.15) is 5.75 Å². The molecular formula is C15H25N3O2. The van der Waals surface area contributed by atoms with Crippen LogP contribution in [0.3, 0.4) is 0 Å². The number of hydrogen-bond donors (Lipinski definition) is 1. The Labute approximate surface area is 121 Å². The molecule has 0 aliphatic heterocycles. The van der Waals surface area contributed by atoms with Gasteiger partial charge in [-0.2, -0.15) is 0 Å². The third kappa shape index (κ3) is 4.42. The molecule has 0 aliphatic rings. The van der Waals surface area contributed by atoms with E-state index in [0.717, 1.165) is 19.5 Å². The smallest absolute Gasteiger partial charge is 0.257 e. The van der Waals surface area contributed by atoms with Crippen molar-refractivity contribution >= 4 is 11.6 Å². The molecular weight excluding hydrogens is 254 g/mol. The molecule has 1 aromatic rings. The Kier molecular flexibility index (Phi) is 6.31. The molecule has 0 fully saturated rings. The summed E-state index contributed by atoms with van der Waals surface area (Å²) in [5, 5.41) is 0. The first-order valence-corrected chi connectivity index (χ1v) is 6.87. The van der Waals surface area contributed by atoms with Crippen LogP contribution in [0.4, 0.5) is 5.69 Å². The van der Waals surface area contributed by atoms with Gasteiger partial charge >= 0.3 is 0 Å². The minimum absolute atomic E-state index is 0.00875. The molecule has 1 rings (SSSR count). The second-order valence-electron chi connectivity index (χ2n) is 5.06. The Morgan fingerprint density at radius 2 is 1.95 bits per heavy atom. The molecule has 5 nitrogen and oxygen atoms in total. The minimum Gasteiger partial charge on any atom is -0.496 e. The lowest BCUT2D eigenvalue weighted by Gasteiger charge is -2.24. The van der Waals surface area contributed by atoms with Crippen molar-refractivity contribution in [3.05, 3.63) is 23.8 Å². The number of amides is 1. The molecule has 0 unspecified atom stereocenters. The number of ether oxygens (including phenoxy) is 1.